The van der Waals surface area contributed by atoms with E-state index in [-0.39, 0.29) is 0 Å². The molecule has 1 aromatic heterocycles. The van der Waals surface area contributed by atoms with Crippen molar-refractivity contribution in [3.05, 3.63) is 28.6 Å². The first-order chi connectivity index (χ1) is 6.24. The van der Waals surface area contributed by atoms with Crippen molar-refractivity contribution in [3.63, 3.8) is 0 Å². The predicted octanol–water partition coefficient (Wildman–Crippen LogP) is 2.66. The summed E-state index contributed by atoms with van der Waals surface area (Å²) in [4.78, 5) is 1.04. The lowest BCUT2D eigenvalue weighted by molar-refractivity contribution is 1.48. The number of aryl methyl sites for hydroxylation is 1. The quantitative estimate of drug-likeness (QED) is 0.646. The number of nitrogens with zero attached hydrogens (tertiary/aromatic N) is 1. The van der Waals surface area contributed by atoms with Crippen LogP contribution in [0.4, 0.5) is 5.69 Å². The molecular formula is C10H8N2S. The van der Waals surface area contributed by atoms with E-state index in [0.29, 0.717) is 5.69 Å². The van der Waals surface area contributed by atoms with Gasteiger partial charge in [0, 0.05) is 20.7 Å². The van der Waals surface area contributed by atoms with E-state index in [1.807, 2.05) is 25.1 Å². The fourth-order valence-electron chi connectivity index (χ4n) is 1.43. The molecule has 0 saturated heterocycles. The van der Waals surface area contributed by atoms with E-state index in [1.165, 1.54) is 0 Å². The molecule has 0 atom stereocenters. The van der Waals surface area contributed by atoms with E-state index in [1.54, 1.807) is 11.3 Å². The summed E-state index contributed by atoms with van der Waals surface area (Å²) < 4.78 is 1.09. The Morgan fingerprint density at radius 1 is 1.46 bits per heavy atom. The van der Waals surface area contributed by atoms with Gasteiger partial charge < -0.3 is 5.73 Å². The molecule has 0 bridgehead atoms. The number of rotatable bonds is 0. The molecule has 2 aromatic rings. The Bertz CT molecular complexity index is 505. The molecule has 1 heterocycles. The monoisotopic (exact) mass is 188 g/mol. The van der Waals surface area contributed by atoms with Crippen LogP contribution < -0.4 is 5.73 Å². The summed E-state index contributed by atoms with van der Waals surface area (Å²) in [5, 5.41) is 9.84. The van der Waals surface area contributed by atoms with Gasteiger partial charge in [0.15, 0.2) is 0 Å². The number of benzene rings is 1. The highest BCUT2D eigenvalue weighted by molar-refractivity contribution is 7.19. The Hall–Kier alpha value is -1.53. The molecule has 0 fully saturated rings. The van der Waals surface area contributed by atoms with Crippen molar-refractivity contribution in [2.45, 2.75) is 6.92 Å². The van der Waals surface area contributed by atoms with Gasteiger partial charge in [-0.05, 0) is 19.1 Å². The second-order valence-electron chi connectivity index (χ2n) is 2.87. The highest BCUT2D eigenvalue weighted by Crippen LogP contribution is 2.33. The standard InChI is InChI=1S/C10H8N2S/c1-6-7(5-11)10-8(12)3-2-4-9(10)13-6/h2-4H,12H2,1H3. The van der Waals surface area contributed by atoms with E-state index >= 15 is 0 Å². The lowest BCUT2D eigenvalue weighted by Gasteiger charge is -1.94. The third-order valence-electron chi connectivity index (χ3n) is 2.04. The summed E-state index contributed by atoms with van der Waals surface area (Å²) in [7, 11) is 0. The Kier molecular flexibility index (Phi) is 1.71. The van der Waals surface area contributed by atoms with Crippen LogP contribution in [-0.4, -0.2) is 0 Å². The van der Waals surface area contributed by atoms with Crippen molar-refractivity contribution in [3.8, 4) is 6.07 Å². The van der Waals surface area contributed by atoms with Crippen molar-refractivity contribution in [2.75, 3.05) is 5.73 Å². The molecule has 0 aliphatic carbocycles. The molecule has 1 aromatic carbocycles. The average Bonchev–Trinajstić information content (AvgIpc) is 2.42. The molecule has 0 amide bonds. The van der Waals surface area contributed by atoms with Gasteiger partial charge in [0.2, 0.25) is 0 Å². The van der Waals surface area contributed by atoms with Gasteiger partial charge in [-0.15, -0.1) is 11.3 Å². The summed E-state index contributed by atoms with van der Waals surface area (Å²) in [6, 6.07) is 7.92. The van der Waals surface area contributed by atoms with E-state index in [4.69, 9.17) is 11.0 Å². The average molecular weight is 188 g/mol. The molecule has 0 aliphatic rings. The molecule has 2 N–H and O–H groups in total. The smallest absolute Gasteiger partial charge is 0.101 e. The Morgan fingerprint density at radius 2 is 2.23 bits per heavy atom. The van der Waals surface area contributed by atoms with Gasteiger partial charge in [0.25, 0.3) is 0 Å². The fraction of sp³-hybridized carbons (Fsp3) is 0.100. The molecule has 0 spiro atoms. The summed E-state index contributed by atoms with van der Waals surface area (Å²) in [5.41, 5.74) is 7.21. The first-order valence-electron chi connectivity index (χ1n) is 3.91. The molecule has 13 heavy (non-hydrogen) atoms. The molecular weight excluding hydrogens is 180 g/mol. The molecule has 3 heteroatoms. The molecule has 2 nitrogen and oxygen atoms in total. The normalized spacial score (nSPS) is 10.2. The van der Waals surface area contributed by atoms with Crippen molar-refractivity contribution in [1.82, 2.24) is 0 Å². The number of nitrogen functional groups attached to an aromatic ring is 1. The second kappa shape index (κ2) is 2.75. The van der Waals surface area contributed by atoms with E-state index in [2.05, 4.69) is 6.07 Å². The van der Waals surface area contributed by atoms with Gasteiger partial charge in [0.1, 0.15) is 6.07 Å². The first-order valence-corrected chi connectivity index (χ1v) is 4.73. The van der Waals surface area contributed by atoms with Gasteiger partial charge in [0.05, 0.1) is 5.56 Å². The molecule has 2 rings (SSSR count). The molecule has 64 valence electrons. The zero-order valence-electron chi connectivity index (χ0n) is 7.16. The SMILES string of the molecule is Cc1sc2cccc(N)c2c1C#N. The van der Waals surface area contributed by atoms with E-state index < -0.39 is 0 Å². The minimum Gasteiger partial charge on any atom is -0.398 e. The highest BCUT2D eigenvalue weighted by atomic mass is 32.1. The maximum absolute atomic E-state index is 8.93. The summed E-state index contributed by atoms with van der Waals surface area (Å²) >= 11 is 1.61. The van der Waals surface area contributed by atoms with Gasteiger partial charge in [-0.3, -0.25) is 0 Å². The van der Waals surface area contributed by atoms with Crippen LogP contribution in [0.2, 0.25) is 0 Å². The van der Waals surface area contributed by atoms with Crippen molar-refractivity contribution in [2.24, 2.45) is 0 Å². The number of nitrogens with two attached hydrogens (primary N) is 1. The van der Waals surface area contributed by atoms with Crippen molar-refractivity contribution < 1.29 is 0 Å². The summed E-state index contributed by atoms with van der Waals surface area (Å²) in [5.74, 6) is 0. The maximum Gasteiger partial charge on any atom is 0.101 e. The second-order valence-corrected chi connectivity index (χ2v) is 4.12. The van der Waals surface area contributed by atoms with Crippen LogP contribution in [0, 0.1) is 18.3 Å². The third kappa shape index (κ3) is 1.07. The van der Waals surface area contributed by atoms with Gasteiger partial charge >= 0.3 is 0 Å². The first kappa shape index (κ1) is 8.09. The van der Waals surface area contributed by atoms with Crippen molar-refractivity contribution in [1.29, 1.82) is 5.26 Å². The number of hydrogen-bond donors (Lipinski definition) is 1. The number of thiophene rings is 1. The van der Waals surface area contributed by atoms with Crippen LogP contribution in [-0.2, 0) is 0 Å². The van der Waals surface area contributed by atoms with Crippen molar-refractivity contribution >= 4 is 27.1 Å². The van der Waals surface area contributed by atoms with Gasteiger partial charge in [-0.25, -0.2) is 0 Å². The number of anilines is 1. The molecule has 0 aliphatic heterocycles. The lowest BCUT2D eigenvalue weighted by Crippen LogP contribution is -1.85. The number of nitriles is 1. The van der Waals surface area contributed by atoms with Crippen LogP contribution in [0.1, 0.15) is 10.4 Å². The van der Waals surface area contributed by atoms with Crippen LogP contribution in [0.15, 0.2) is 18.2 Å². The number of fused-ring (bicyclic) bond motifs is 1. The van der Waals surface area contributed by atoms with Crippen LogP contribution in [0.5, 0.6) is 0 Å². The highest BCUT2D eigenvalue weighted by Gasteiger charge is 2.09. The molecule has 0 unspecified atom stereocenters. The number of hydrogen-bond acceptors (Lipinski definition) is 3. The van der Waals surface area contributed by atoms with E-state index in [9.17, 15) is 0 Å². The maximum atomic E-state index is 8.93. The Balaban J connectivity index is 2.99. The van der Waals surface area contributed by atoms with Crippen LogP contribution in [0.3, 0.4) is 0 Å². The largest absolute Gasteiger partial charge is 0.398 e. The summed E-state index contributed by atoms with van der Waals surface area (Å²) in [6.07, 6.45) is 0. The predicted molar refractivity (Wildman–Crippen MR) is 55.7 cm³/mol. The zero-order valence-corrected chi connectivity index (χ0v) is 7.98. The fourth-order valence-corrected chi connectivity index (χ4v) is 2.48. The van der Waals surface area contributed by atoms with Crippen LogP contribution in [0.25, 0.3) is 10.1 Å². The minimum atomic E-state index is 0.693. The van der Waals surface area contributed by atoms with Gasteiger partial charge in [-0.2, -0.15) is 5.26 Å². The zero-order chi connectivity index (χ0) is 9.42. The Labute approximate surface area is 80.2 Å². The molecule has 0 radical (unpaired) electrons. The molecule has 0 saturated carbocycles. The lowest BCUT2D eigenvalue weighted by atomic mass is 10.1. The topological polar surface area (TPSA) is 49.8 Å². The van der Waals surface area contributed by atoms with E-state index in [0.717, 1.165) is 20.5 Å². The summed E-state index contributed by atoms with van der Waals surface area (Å²) in [6.45, 7) is 1.95. The van der Waals surface area contributed by atoms with Gasteiger partial charge in [-0.1, -0.05) is 6.07 Å². The Morgan fingerprint density at radius 3 is 2.92 bits per heavy atom. The third-order valence-corrected chi connectivity index (χ3v) is 3.11. The minimum absolute atomic E-state index is 0.693. The van der Waals surface area contributed by atoms with Crippen LogP contribution >= 0.6 is 11.3 Å².